The van der Waals surface area contributed by atoms with E-state index in [1.807, 2.05) is 0 Å². The van der Waals surface area contributed by atoms with Gasteiger partial charge in [-0.25, -0.2) is 13.2 Å². The van der Waals surface area contributed by atoms with Gasteiger partial charge in [-0.2, -0.15) is 0 Å². The molecule has 0 aliphatic carbocycles. The first-order valence-corrected chi connectivity index (χ1v) is 10.5. The maximum atomic E-state index is 14.0. The molecule has 0 aliphatic heterocycles. The number of nitrogens with one attached hydrogen (secondary N) is 2. The Morgan fingerprint density at radius 2 is 1.77 bits per heavy atom. The Bertz CT molecular complexity index is 912. The van der Waals surface area contributed by atoms with Gasteiger partial charge in [0.1, 0.15) is 23.2 Å². The summed E-state index contributed by atoms with van der Waals surface area (Å²) in [6, 6.07) is 4.72. The number of rotatable bonds is 10. The summed E-state index contributed by atoms with van der Waals surface area (Å²) in [6.07, 6.45) is 0. The van der Waals surface area contributed by atoms with Gasteiger partial charge in [-0.1, -0.05) is 37.0 Å². The van der Waals surface area contributed by atoms with E-state index in [4.69, 9.17) is 27.9 Å². The summed E-state index contributed by atoms with van der Waals surface area (Å²) in [5, 5.41) is 4.55. The van der Waals surface area contributed by atoms with Crippen LogP contribution in [0, 0.1) is 24.4 Å². The number of benzene rings is 2. The molecule has 0 unspecified atom stereocenters. The average molecular weight is 478 g/mol. The molecule has 0 atom stereocenters. The lowest BCUT2D eigenvalue weighted by molar-refractivity contribution is -0.114. The number of hydrogen-bond acceptors (Lipinski definition) is 4. The van der Waals surface area contributed by atoms with Gasteiger partial charge in [-0.05, 0) is 38.2 Å². The lowest BCUT2D eigenvalue weighted by Gasteiger charge is -2.18. The minimum absolute atomic E-state index is 0.307. The Balaban J connectivity index is 1.95. The molecule has 0 aromatic heterocycles. The predicted octanol–water partition coefficient (Wildman–Crippen LogP) is 5.49. The number of halogens is 5. The first-order valence-electron chi connectivity index (χ1n) is 9.70. The molecule has 0 spiro atoms. The van der Waals surface area contributed by atoms with Gasteiger partial charge < -0.3 is 20.3 Å². The zero-order valence-electron chi connectivity index (χ0n) is 17.4. The van der Waals surface area contributed by atoms with E-state index in [0.717, 1.165) is 26.6 Å². The molecule has 5 nitrogen and oxygen atoms in total. The highest BCUT2D eigenvalue weighted by Crippen LogP contribution is 2.33. The quantitative estimate of drug-likeness (QED) is 0.444. The molecule has 0 saturated carbocycles. The lowest BCUT2D eigenvalue weighted by Crippen LogP contribution is -2.27. The number of carbonyl (C=O) groups excluding carboxylic acids is 1. The fourth-order valence-electron chi connectivity index (χ4n) is 2.79. The number of amides is 1. The molecule has 10 heteroatoms. The highest BCUT2D eigenvalue weighted by atomic mass is 35.5. The molecule has 0 bridgehead atoms. The molecule has 1 amide bonds. The Kier molecular flexibility index (Phi) is 9.28. The van der Waals surface area contributed by atoms with Crippen molar-refractivity contribution < 1.29 is 22.7 Å². The van der Waals surface area contributed by atoms with Gasteiger partial charge in [0.15, 0.2) is 11.6 Å². The topological polar surface area (TPSA) is 53.6 Å². The molecule has 0 radical (unpaired) electrons. The van der Waals surface area contributed by atoms with E-state index in [9.17, 15) is 18.0 Å². The van der Waals surface area contributed by atoms with Crippen LogP contribution in [0.2, 0.25) is 10.0 Å². The maximum absolute atomic E-state index is 14.0. The van der Waals surface area contributed by atoms with E-state index in [0.29, 0.717) is 23.1 Å². The second-order valence-electron chi connectivity index (χ2n) is 6.68. The van der Waals surface area contributed by atoms with Crippen LogP contribution in [0.4, 0.5) is 24.5 Å². The maximum Gasteiger partial charge on any atom is 0.243 e. The summed E-state index contributed by atoms with van der Waals surface area (Å²) in [4.78, 5) is 14.4. The van der Waals surface area contributed by atoms with Gasteiger partial charge in [0.2, 0.25) is 5.91 Å². The molecule has 0 saturated heterocycles. The number of ether oxygens (including phenoxy) is 1. The monoisotopic (exact) mass is 477 g/mol. The summed E-state index contributed by atoms with van der Waals surface area (Å²) in [5.41, 5.74) is -0.778. The molecular weight excluding hydrogens is 454 g/mol. The van der Waals surface area contributed by atoms with Crippen LogP contribution in [-0.4, -0.2) is 43.6 Å². The molecule has 2 aromatic carbocycles. The molecule has 0 heterocycles. The molecule has 2 rings (SSSR count). The summed E-state index contributed by atoms with van der Waals surface area (Å²) in [5.74, 6) is -3.93. The second kappa shape index (κ2) is 11.5. The number of nitrogens with zero attached hydrogens (tertiary/aromatic N) is 1. The largest absolute Gasteiger partial charge is 0.491 e. The van der Waals surface area contributed by atoms with Crippen molar-refractivity contribution in [3.8, 4) is 5.75 Å². The molecular formula is C21H24Cl2F3N3O2. The van der Waals surface area contributed by atoms with Crippen molar-refractivity contribution in [2.24, 2.45) is 0 Å². The van der Waals surface area contributed by atoms with Crippen molar-refractivity contribution in [1.29, 1.82) is 0 Å². The van der Waals surface area contributed by atoms with Crippen molar-refractivity contribution >= 4 is 40.5 Å². The summed E-state index contributed by atoms with van der Waals surface area (Å²) in [6.45, 7) is 7.79. The second-order valence-corrected chi connectivity index (χ2v) is 7.46. The number of anilines is 2. The Labute approximate surface area is 189 Å². The smallest absolute Gasteiger partial charge is 0.243 e. The number of likely N-dealkylation sites (N-methyl/N-ethyl adjacent to an activating group) is 1. The third-order valence-electron chi connectivity index (χ3n) is 4.68. The van der Waals surface area contributed by atoms with Crippen molar-refractivity contribution in [2.75, 3.05) is 43.4 Å². The zero-order chi connectivity index (χ0) is 23.1. The van der Waals surface area contributed by atoms with Crippen LogP contribution in [0.25, 0.3) is 0 Å². The molecule has 2 N–H and O–H groups in total. The molecule has 0 fully saturated rings. The van der Waals surface area contributed by atoms with Crippen LogP contribution in [0.15, 0.2) is 18.2 Å². The fraction of sp³-hybridized carbons (Fsp3) is 0.381. The van der Waals surface area contributed by atoms with E-state index in [2.05, 4.69) is 29.4 Å². The van der Waals surface area contributed by atoms with Crippen molar-refractivity contribution in [3.63, 3.8) is 0 Å². The molecule has 0 aliphatic rings. The Morgan fingerprint density at radius 1 is 1.10 bits per heavy atom. The predicted molar refractivity (Wildman–Crippen MR) is 118 cm³/mol. The standard InChI is InChI=1S/C21H24Cl2F3N3O2/c1-4-29(5-2)8-9-31-15-7-6-13(10-14(15)22)28-16(30)11-27-21-17(23)18(24)12(3)19(25)20(21)26/h6-7,10,27H,4-5,8-9,11H2,1-3H3,(H,28,30). The normalized spacial score (nSPS) is 11.0. The molecule has 170 valence electrons. The minimum atomic E-state index is -1.37. The van der Waals surface area contributed by atoms with Gasteiger partial charge >= 0.3 is 0 Å². The van der Waals surface area contributed by atoms with E-state index < -0.39 is 46.2 Å². The van der Waals surface area contributed by atoms with Gasteiger partial charge in [0.05, 0.1) is 17.3 Å². The van der Waals surface area contributed by atoms with Crippen molar-refractivity contribution in [1.82, 2.24) is 4.90 Å². The summed E-state index contributed by atoms with van der Waals surface area (Å²) >= 11 is 11.9. The average Bonchev–Trinajstić information content (AvgIpc) is 2.75. The highest BCUT2D eigenvalue weighted by Gasteiger charge is 2.22. The third-order valence-corrected chi connectivity index (χ3v) is 5.33. The van der Waals surface area contributed by atoms with Crippen LogP contribution in [-0.2, 0) is 4.79 Å². The summed E-state index contributed by atoms with van der Waals surface area (Å²) in [7, 11) is 0. The molecule has 2 aromatic rings. The van der Waals surface area contributed by atoms with Crippen LogP contribution in [0.1, 0.15) is 19.4 Å². The van der Waals surface area contributed by atoms with Crippen LogP contribution in [0.3, 0.4) is 0 Å². The number of hydrogen-bond donors (Lipinski definition) is 2. The minimum Gasteiger partial charge on any atom is -0.491 e. The van der Waals surface area contributed by atoms with Gasteiger partial charge in [0, 0.05) is 17.8 Å². The van der Waals surface area contributed by atoms with Crippen LogP contribution >= 0.6 is 23.2 Å². The fourth-order valence-corrected chi connectivity index (χ4v) is 3.32. The van der Waals surface area contributed by atoms with Gasteiger partial charge in [-0.15, -0.1) is 0 Å². The first-order chi connectivity index (χ1) is 14.7. The van der Waals surface area contributed by atoms with Crippen LogP contribution in [0.5, 0.6) is 5.75 Å². The first kappa shape index (κ1) is 25.1. The van der Waals surface area contributed by atoms with Gasteiger partial charge in [0.25, 0.3) is 0 Å². The van der Waals surface area contributed by atoms with Crippen molar-refractivity contribution in [2.45, 2.75) is 20.8 Å². The van der Waals surface area contributed by atoms with E-state index in [1.54, 1.807) is 12.1 Å². The number of carbonyl (C=O) groups is 1. The summed E-state index contributed by atoms with van der Waals surface area (Å²) < 4.78 is 47.3. The van der Waals surface area contributed by atoms with Crippen LogP contribution < -0.4 is 15.4 Å². The highest BCUT2D eigenvalue weighted by molar-refractivity contribution is 6.33. The van der Waals surface area contributed by atoms with E-state index >= 15 is 0 Å². The third kappa shape index (κ3) is 6.41. The van der Waals surface area contributed by atoms with E-state index in [1.165, 1.54) is 6.07 Å². The zero-order valence-corrected chi connectivity index (χ0v) is 18.9. The molecule has 31 heavy (non-hydrogen) atoms. The van der Waals surface area contributed by atoms with Gasteiger partial charge in [-0.3, -0.25) is 4.79 Å². The Hall–Kier alpha value is -2.16. The Morgan fingerprint density at radius 3 is 2.39 bits per heavy atom. The lowest BCUT2D eigenvalue weighted by atomic mass is 10.2. The van der Waals surface area contributed by atoms with Crippen molar-refractivity contribution in [3.05, 3.63) is 51.3 Å². The van der Waals surface area contributed by atoms with E-state index in [-0.39, 0.29) is 0 Å². The SMILES string of the molecule is CCN(CC)CCOc1ccc(NC(=O)CNc2c(F)c(F)c(C)c(F)c2Cl)cc1Cl.